The maximum absolute atomic E-state index is 9.16. The average Bonchev–Trinajstić information content (AvgIpc) is 2.37. The second-order valence-electron chi connectivity index (χ2n) is 4.29. The molecule has 0 amide bonds. The lowest BCUT2D eigenvalue weighted by atomic mass is 10.1. The third-order valence-corrected chi connectivity index (χ3v) is 2.95. The summed E-state index contributed by atoms with van der Waals surface area (Å²) in [7, 11) is 0. The predicted molar refractivity (Wildman–Crippen MR) is 71.0 cm³/mol. The number of rotatable bonds is 2. The molecule has 0 aliphatic heterocycles. The quantitative estimate of drug-likeness (QED) is 0.806. The van der Waals surface area contributed by atoms with Crippen molar-refractivity contribution in [3.05, 3.63) is 46.8 Å². The summed E-state index contributed by atoms with van der Waals surface area (Å²) >= 11 is 0. The van der Waals surface area contributed by atoms with Gasteiger partial charge in [-0.2, -0.15) is 5.26 Å². The number of nitriles is 1. The van der Waals surface area contributed by atoms with Gasteiger partial charge in [0.1, 0.15) is 11.8 Å². The fourth-order valence-electron chi connectivity index (χ4n) is 2.03. The van der Waals surface area contributed by atoms with E-state index < -0.39 is 0 Å². The molecule has 1 aromatic heterocycles. The van der Waals surface area contributed by atoms with Crippen molar-refractivity contribution in [2.45, 2.75) is 27.2 Å². The van der Waals surface area contributed by atoms with E-state index in [9.17, 15) is 0 Å². The molecule has 0 saturated heterocycles. The molecule has 0 saturated carbocycles. The van der Waals surface area contributed by atoms with E-state index in [1.807, 2.05) is 45.0 Å². The lowest BCUT2D eigenvalue weighted by Crippen LogP contribution is -2.02. The van der Waals surface area contributed by atoms with Gasteiger partial charge < -0.3 is 0 Å². The van der Waals surface area contributed by atoms with Crippen molar-refractivity contribution in [1.29, 1.82) is 5.26 Å². The summed E-state index contributed by atoms with van der Waals surface area (Å²) in [6, 6.07) is 10.2. The Balaban J connectivity index is 2.61. The van der Waals surface area contributed by atoms with Gasteiger partial charge >= 0.3 is 0 Å². The normalized spacial score (nSPS) is 10.1. The average molecular weight is 237 g/mol. The summed E-state index contributed by atoms with van der Waals surface area (Å²) < 4.78 is 0. The van der Waals surface area contributed by atoms with Crippen LogP contribution >= 0.6 is 0 Å². The van der Waals surface area contributed by atoms with Gasteiger partial charge in [0.15, 0.2) is 5.82 Å². The van der Waals surface area contributed by atoms with E-state index in [1.165, 1.54) is 0 Å². The maximum Gasteiger partial charge on any atom is 0.160 e. The van der Waals surface area contributed by atoms with Crippen LogP contribution < -0.4 is 0 Å². The minimum atomic E-state index is 0.488. The fraction of sp³-hybridized carbons (Fsp3) is 0.267. The number of nitrogens with zero attached hydrogens (tertiary/aromatic N) is 3. The Labute approximate surface area is 107 Å². The van der Waals surface area contributed by atoms with Gasteiger partial charge in [-0.25, -0.2) is 9.97 Å². The van der Waals surface area contributed by atoms with Crippen molar-refractivity contribution < 1.29 is 0 Å². The predicted octanol–water partition coefficient (Wildman–Crippen LogP) is 3.19. The molecule has 0 aliphatic carbocycles. The molecule has 2 aromatic rings. The summed E-state index contributed by atoms with van der Waals surface area (Å²) in [5, 5.41) is 9.16. The number of hydrogen-bond donors (Lipinski definition) is 0. The minimum absolute atomic E-state index is 0.488. The number of benzene rings is 1. The van der Waals surface area contributed by atoms with E-state index >= 15 is 0 Å². The van der Waals surface area contributed by atoms with Gasteiger partial charge in [-0.15, -0.1) is 0 Å². The highest BCUT2D eigenvalue weighted by molar-refractivity contribution is 5.57. The van der Waals surface area contributed by atoms with Crippen LogP contribution in [0.5, 0.6) is 0 Å². The van der Waals surface area contributed by atoms with E-state index in [-0.39, 0.29) is 0 Å². The molecule has 3 heteroatoms. The van der Waals surface area contributed by atoms with Crippen LogP contribution in [0, 0.1) is 25.2 Å². The Bertz CT molecular complexity index is 624. The van der Waals surface area contributed by atoms with Crippen molar-refractivity contribution in [2.75, 3.05) is 0 Å². The molecule has 0 fully saturated rings. The van der Waals surface area contributed by atoms with Gasteiger partial charge in [-0.3, -0.25) is 0 Å². The summed E-state index contributed by atoms with van der Waals surface area (Å²) in [5.41, 5.74) is 4.43. The molecule has 3 nitrogen and oxygen atoms in total. The van der Waals surface area contributed by atoms with Gasteiger partial charge in [0, 0.05) is 16.8 Å². The third kappa shape index (κ3) is 2.23. The highest BCUT2D eigenvalue weighted by atomic mass is 14.9. The topological polar surface area (TPSA) is 49.6 Å². The first-order valence-corrected chi connectivity index (χ1v) is 6.00. The maximum atomic E-state index is 9.16. The van der Waals surface area contributed by atoms with Gasteiger partial charge in [-0.05, 0) is 26.3 Å². The summed E-state index contributed by atoms with van der Waals surface area (Å²) in [6.07, 6.45) is 0.781. The molecule has 90 valence electrons. The highest BCUT2D eigenvalue weighted by Crippen LogP contribution is 2.20. The molecule has 1 heterocycles. The zero-order chi connectivity index (χ0) is 13.1. The van der Waals surface area contributed by atoms with E-state index in [2.05, 4.69) is 16.0 Å². The standard InChI is InChI=1S/C15H15N3/c1-4-13-11(3)17-15(18-14(13)9-16)12-7-5-6-10(2)8-12/h5-8H,4H2,1-3H3. The van der Waals surface area contributed by atoms with Crippen LogP contribution in [0.25, 0.3) is 11.4 Å². The van der Waals surface area contributed by atoms with E-state index in [1.54, 1.807) is 0 Å². The molecular formula is C15H15N3. The smallest absolute Gasteiger partial charge is 0.160 e. The zero-order valence-corrected chi connectivity index (χ0v) is 10.9. The van der Waals surface area contributed by atoms with E-state index in [0.717, 1.165) is 28.8 Å². The van der Waals surface area contributed by atoms with Crippen LogP contribution in [-0.2, 0) is 6.42 Å². The monoisotopic (exact) mass is 237 g/mol. The van der Waals surface area contributed by atoms with Crippen LogP contribution in [0.3, 0.4) is 0 Å². The van der Waals surface area contributed by atoms with Crippen molar-refractivity contribution in [1.82, 2.24) is 9.97 Å². The largest absolute Gasteiger partial charge is 0.233 e. The van der Waals surface area contributed by atoms with Crippen molar-refractivity contribution in [3.8, 4) is 17.5 Å². The lowest BCUT2D eigenvalue weighted by Gasteiger charge is -2.08. The molecule has 0 unspecified atom stereocenters. The van der Waals surface area contributed by atoms with Gasteiger partial charge in [-0.1, -0.05) is 30.7 Å². The van der Waals surface area contributed by atoms with E-state index in [0.29, 0.717) is 11.5 Å². The molecule has 0 spiro atoms. The molecular weight excluding hydrogens is 222 g/mol. The molecule has 0 aliphatic rings. The number of hydrogen-bond acceptors (Lipinski definition) is 3. The lowest BCUT2D eigenvalue weighted by molar-refractivity contribution is 0.984. The minimum Gasteiger partial charge on any atom is -0.233 e. The molecule has 0 bridgehead atoms. The summed E-state index contributed by atoms with van der Waals surface area (Å²) in [6.45, 7) is 5.97. The Morgan fingerprint density at radius 2 is 2.00 bits per heavy atom. The number of aromatic nitrogens is 2. The fourth-order valence-corrected chi connectivity index (χ4v) is 2.03. The SMILES string of the molecule is CCc1c(C)nc(-c2cccc(C)c2)nc1C#N. The second kappa shape index (κ2) is 4.97. The molecule has 2 rings (SSSR count). The van der Waals surface area contributed by atoms with Crippen LogP contribution in [0.2, 0.25) is 0 Å². The van der Waals surface area contributed by atoms with Crippen LogP contribution in [0.4, 0.5) is 0 Å². The Morgan fingerprint density at radius 3 is 2.61 bits per heavy atom. The Kier molecular flexibility index (Phi) is 3.38. The first-order valence-electron chi connectivity index (χ1n) is 6.00. The van der Waals surface area contributed by atoms with Crippen LogP contribution in [0.1, 0.15) is 29.4 Å². The Morgan fingerprint density at radius 1 is 1.22 bits per heavy atom. The molecule has 0 N–H and O–H groups in total. The molecule has 18 heavy (non-hydrogen) atoms. The van der Waals surface area contributed by atoms with Crippen molar-refractivity contribution >= 4 is 0 Å². The molecule has 1 aromatic carbocycles. The van der Waals surface area contributed by atoms with Crippen molar-refractivity contribution in [3.63, 3.8) is 0 Å². The van der Waals surface area contributed by atoms with Crippen LogP contribution in [-0.4, -0.2) is 9.97 Å². The first kappa shape index (κ1) is 12.3. The first-order chi connectivity index (χ1) is 8.65. The summed E-state index contributed by atoms with van der Waals surface area (Å²) in [4.78, 5) is 8.86. The van der Waals surface area contributed by atoms with Crippen LogP contribution in [0.15, 0.2) is 24.3 Å². The third-order valence-electron chi connectivity index (χ3n) is 2.95. The zero-order valence-electron chi connectivity index (χ0n) is 10.9. The molecule has 0 radical (unpaired) electrons. The second-order valence-corrected chi connectivity index (χ2v) is 4.29. The summed E-state index contributed by atoms with van der Waals surface area (Å²) in [5.74, 6) is 0.630. The van der Waals surface area contributed by atoms with E-state index in [4.69, 9.17) is 5.26 Å². The number of aryl methyl sites for hydroxylation is 2. The molecule has 0 atom stereocenters. The Hall–Kier alpha value is -2.21. The van der Waals surface area contributed by atoms with Gasteiger partial charge in [0.2, 0.25) is 0 Å². The van der Waals surface area contributed by atoms with Gasteiger partial charge in [0.25, 0.3) is 0 Å². The highest BCUT2D eigenvalue weighted by Gasteiger charge is 2.11. The van der Waals surface area contributed by atoms with Gasteiger partial charge in [0.05, 0.1) is 0 Å². The van der Waals surface area contributed by atoms with Crippen molar-refractivity contribution in [2.24, 2.45) is 0 Å².